The third kappa shape index (κ3) is 4.75. The molecule has 2 heterocycles. The van der Waals surface area contributed by atoms with E-state index in [4.69, 9.17) is 0 Å². The fourth-order valence-corrected chi connectivity index (χ4v) is 2.91. The van der Waals surface area contributed by atoms with Gasteiger partial charge in [0.05, 0.1) is 12.7 Å². The molecule has 1 fully saturated rings. The number of nitrogens with zero attached hydrogens (tertiary/aromatic N) is 3. The zero-order valence-electron chi connectivity index (χ0n) is 15.8. The van der Waals surface area contributed by atoms with E-state index in [-0.39, 0.29) is 17.3 Å². The largest absolute Gasteiger partial charge is 0.465 e. The third-order valence-electron chi connectivity index (χ3n) is 4.49. The highest BCUT2D eigenvalue weighted by molar-refractivity contribution is 6.04. The van der Waals surface area contributed by atoms with E-state index in [1.54, 1.807) is 40.1 Å². The molecular formula is C20H20N4O5. The minimum absolute atomic E-state index is 0.0749. The molecule has 1 aliphatic rings. The van der Waals surface area contributed by atoms with Crippen molar-refractivity contribution in [3.8, 4) is 0 Å². The minimum Gasteiger partial charge on any atom is -0.465 e. The first-order chi connectivity index (χ1) is 14.0. The van der Waals surface area contributed by atoms with Crippen LogP contribution in [0.3, 0.4) is 0 Å². The van der Waals surface area contributed by atoms with Gasteiger partial charge in [-0.3, -0.25) is 14.4 Å². The van der Waals surface area contributed by atoms with Crippen LogP contribution in [0.1, 0.15) is 31.3 Å². The first-order valence-electron chi connectivity index (χ1n) is 8.97. The molecule has 0 aliphatic carbocycles. The number of hydrogen-bond donors (Lipinski definition) is 1. The molecule has 3 amide bonds. The number of amides is 3. The predicted octanol–water partition coefficient (Wildman–Crippen LogP) is 1.03. The van der Waals surface area contributed by atoms with Gasteiger partial charge in [-0.2, -0.15) is 0 Å². The lowest BCUT2D eigenvalue weighted by molar-refractivity contribution is -0.119. The van der Waals surface area contributed by atoms with Gasteiger partial charge in [-0.05, 0) is 30.3 Å². The monoisotopic (exact) mass is 396 g/mol. The SMILES string of the molecule is COC(=O)c1cccc(NC(=O)c2cccc(C(=O)N3CCN(C=O)CC3)n2)c1. The Hall–Kier alpha value is -3.75. The number of anilines is 1. The van der Waals surface area contributed by atoms with Crippen molar-refractivity contribution in [2.45, 2.75) is 0 Å². The molecule has 0 radical (unpaired) electrons. The van der Waals surface area contributed by atoms with Gasteiger partial charge in [-0.1, -0.05) is 12.1 Å². The van der Waals surface area contributed by atoms with Gasteiger partial charge in [-0.25, -0.2) is 9.78 Å². The summed E-state index contributed by atoms with van der Waals surface area (Å²) in [6.07, 6.45) is 0.764. The van der Waals surface area contributed by atoms with Gasteiger partial charge in [0.2, 0.25) is 6.41 Å². The average molecular weight is 396 g/mol. The van der Waals surface area contributed by atoms with Crippen molar-refractivity contribution in [2.75, 3.05) is 38.6 Å². The second kappa shape index (κ2) is 8.96. The minimum atomic E-state index is -0.513. The summed E-state index contributed by atoms with van der Waals surface area (Å²) in [7, 11) is 1.28. The fraction of sp³-hybridized carbons (Fsp3) is 0.250. The molecule has 0 atom stereocenters. The van der Waals surface area contributed by atoms with E-state index in [9.17, 15) is 19.2 Å². The first kappa shape index (κ1) is 20.0. The van der Waals surface area contributed by atoms with Crippen LogP contribution in [-0.4, -0.2) is 72.3 Å². The van der Waals surface area contributed by atoms with E-state index in [1.807, 2.05) is 0 Å². The van der Waals surface area contributed by atoms with Crippen molar-refractivity contribution in [2.24, 2.45) is 0 Å². The van der Waals surface area contributed by atoms with E-state index in [1.165, 1.54) is 19.2 Å². The number of rotatable bonds is 5. The number of carbonyl (C=O) groups excluding carboxylic acids is 4. The Kier molecular flexibility index (Phi) is 6.18. The molecule has 0 bridgehead atoms. The van der Waals surface area contributed by atoms with Gasteiger partial charge in [0.15, 0.2) is 0 Å². The van der Waals surface area contributed by atoms with Gasteiger partial charge in [0.25, 0.3) is 11.8 Å². The van der Waals surface area contributed by atoms with Crippen LogP contribution in [0.25, 0.3) is 0 Å². The number of piperazine rings is 1. The molecule has 1 N–H and O–H groups in total. The molecule has 9 nitrogen and oxygen atoms in total. The van der Waals surface area contributed by atoms with Crippen LogP contribution in [0, 0.1) is 0 Å². The van der Waals surface area contributed by atoms with Crippen molar-refractivity contribution in [1.29, 1.82) is 0 Å². The second-order valence-electron chi connectivity index (χ2n) is 6.37. The Bertz CT molecular complexity index is 938. The summed E-state index contributed by atoms with van der Waals surface area (Å²) in [5, 5.41) is 2.66. The highest BCUT2D eigenvalue weighted by Gasteiger charge is 2.23. The summed E-state index contributed by atoms with van der Waals surface area (Å²) in [5.41, 5.74) is 0.935. The smallest absolute Gasteiger partial charge is 0.337 e. The van der Waals surface area contributed by atoms with E-state index in [0.717, 1.165) is 6.41 Å². The summed E-state index contributed by atoms with van der Waals surface area (Å²) in [5.74, 6) is -1.31. The number of pyridine rings is 1. The van der Waals surface area contributed by atoms with E-state index in [0.29, 0.717) is 37.4 Å². The highest BCUT2D eigenvalue weighted by atomic mass is 16.5. The quantitative estimate of drug-likeness (QED) is 0.597. The molecule has 150 valence electrons. The molecule has 0 unspecified atom stereocenters. The zero-order chi connectivity index (χ0) is 20.8. The maximum atomic E-state index is 12.7. The Morgan fingerprint density at radius 1 is 1.03 bits per heavy atom. The number of aromatic nitrogens is 1. The van der Waals surface area contributed by atoms with Crippen LogP contribution in [0.5, 0.6) is 0 Å². The van der Waals surface area contributed by atoms with Gasteiger partial charge < -0.3 is 19.9 Å². The standard InChI is InChI=1S/C20H20N4O5/c1-29-20(28)14-4-2-5-15(12-14)21-18(26)16-6-3-7-17(22-16)19(27)24-10-8-23(13-25)9-11-24/h2-7,12-13H,8-11H2,1H3,(H,21,26). The normalized spacial score (nSPS) is 13.6. The number of ether oxygens (including phenoxy) is 1. The van der Waals surface area contributed by atoms with Crippen molar-refractivity contribution in [1.82, 2.24) is 14.8 Å². The summed E-state index contributed by atoms with van der Waals surface area (Å²) < 4.78 is 4.67. The molecule has 1 aromatic heterocycles. The molecule has 0 spiro atoms. The molecule has 1 saturated heterocycles. The van der Waals surface area contributed by atoms with Gasteiger partial charge in [0, 0.05) is 31.9 Å². The Balaban J connectivity index is 1.70. The number of nitrogens with one attached hydrogen (secondary N) is 1. The number of esters is 1. The van der Waals surface area contributed by atoms with Gasteiger partial charge in [-0.15, -0.1) is 0 Å². The van der Waals surface area contributed by atoms with Crippen LogP contribution in [0.2, 0.25) is 0 Å². The fourth-order valence-electron chi connectivity index (χ4n) is 2.91. The highest BCUT2D eigenvalue weighted by Crippen LogP contribution is 2.13. The molecule has 9 heteroatoms. The summed E-state index contributed by atoms with van der Waals surface area (Å²) in [6, 6.07) is 10.9. The van der Waals surface area contributed by atoms with Gasteiger partial charge >= 0.3 is 5.97 Å². The maximum Gasteiger partial charge on any atom is 0.337 e. The van der Waals surface area contributed by atoms with Crippen LogP contribution in [0.15, 0.2) is 42.5 Å². The number of methoxy groups -OCH3 is 1. The van der Waals surface area contributed by atoms with Crippen LogP contribution >= 0.6 is 0 Å². The Morgan fingerprint density at radius 3 is 2.41 bits per heavy atom. The number of carbonyl (C=O) groups is 4. The number of hydrogen-bond acceptors (Lipinski definition) is 6. The molecule has 3 rings (SSSR count). The Labute approximate surface area is 167 Å². The summed E-state index contributed by atoms with van der Waals surface area (Å²) in [4.78, 5) is 55.0. The van der Waals surface area contributed by atoms with Crippen LogP contribution in [0.4, 0.5) is 5.69 Å². The lowest BCUT2D eigenvalue weighted by Gasteiger charge is -2.32. The topological polar surface area (TPSA) is 109 Å². The molecule has 1 aromatic carbocycles. The average Bonchev–Trinajstić information content (AvgIpc) is 2.78. The molecular weight excluding hydrogens is 376 g/mol. The number of benzene rings is 1. The van der Waals surface area contributed by atoms with E-state index >= 15 is 0 Å². The molecule has 0 saturated carbocycles. The zero-order valence-corrected chi connectivity index (χ0v) is 15.8. The lowest BCUT2D eigenvalue weighted by atomic mass is 10.2. The van der Waals surface area contributed by atoms with Gasteiger partial charge in [0.1, 0.15) is 11.4 Å². The summed E-state index contributed by atoms with van der Waals surface area (Å²) in [6.45, 7) is 1.75. The summed E-state index contributed by atoms with van der Waals surface area (Å²) >= 11 is 0. The van der Waals surface area contributed by atoms with Crippen LogP contribution < -0.4 is 5.32 Å². The van der Waals surface area contributed by atoms with E-state index < -0.39 is 11.9 Å². The van der Waals surface area contributed by atoms with Crippen molar-refractivity contribution in [3.05, 3.63) is 59.4 Å². The molecule has 2 aromatic rings. The van der Waals surface area contributed by atoms with E-state index in [2.05, 4.69) is 15.0 Å². The lowest BCUT2D eigenvalue weighted by Crippen LogP contribution is -2.48. The third-order valence-corrected chi connectivity index (χ3v) is 4.49. The molecule has 29 heavy (non-hydrogen) atoms. The van der Waals surface area contributed by atoms with Crippen molar-refractivity contribution < 1.29 is 23.9 Å². The Morgan fingerprint density at radius 2 is 1.72 bits per heavy atom. The van der Waals surface area contributed by atoms with Crippen molar-refractivity contribution >= 4 is 29.9 Å². The molecule has 1 aliphatic heterocycles. The maximum absolute atomic E-state index is 12.7. The first-order valence-corrected chi connectivity index (χ1v) is 8.97. The van der Waals surface area contributed by atoms with Crippen LogP contribution in [-0.2, 0) is 9.53 Å². The van der Waals surface area contributed by atoms with Crippen molar-refractivity contribution in [3.63, 3.8) is 0 Å². The predicted molar refractivity (Wildman–Crippen MR) is 104 cm³/mol. The second-order valence-corrected chi connectivity index (χ2v) is 6.37.